The fourth-order valence-corrected chi connectivity index (χ4v) is 13.1. The van der Waals surface area contributed by atoms with Crippen molar-refractivity contribution >= 4 is 45.9 Å². The van der Waals surface area contributed by atoms with Gasteiger partial charge in [0.2, 0.25) is 0 Å². The molecule has 0 radical (unpaired) electrons. The smallest absolute Gasteiger partial charge is 0.137 e. The van der Waals surface area contributed by atoms with Crippen molar-refractivity contribution in [2.24, 2.45) is 9.98 Å². The van der Waals surface area contributed by atoms with Crippen LogP contribution in [0.2, 0.25) is 0 Å². The zero-order valence-corrected chi connectivity index (χ0v) is 60.9. The highest BCUT2D eigenvalue weighted by Gasteiger charge is 2.17. The van der Waals surface area contributed by atoms with Gasteiger partial charge in [0.25, 0.3) is 0 Å². The van der Waals surface area contributed by atoms with Gasteiger partial charge in [-0.25, -0.2) is 4.99 Å². The lowest BCUT2D eigenvalue weighted by atomic mass is 9.94. The van der Waals surface area contributed by atoms with Gasteiger partial charge in [-0.1, -0.05) is 342 Å². The number of carbonyl (C=O) groups is 4. The van der Waals surface area contributed by atoms with Crippen molar-refractivity contribution < 1.29 is 19.2 Å². The Morgan fingerprint density at radius 2 is 0.527 bits per heavy atom. The highest BCUT2D eigenvalue weighted by Crippen LogP contribution is 2.27. The lowest BCUT2D eigenvalue weighted by molar-refractivity contribution is -0.119. The minimum Gasteiger partial charge on any atom is -0.299 e. The lowest BCUT2D eigenvalue weighted by Gasteiger charge is -2.13. The first-order valence-electron chi connectivity index (χ1n) is 39.8. The van der Waals surface area contributed by atoms with Crippen molar-refractivity contribution in [3.63, 3.8) is 0 Å². The van der Waals surface area contributed by atoms with Gasteiger partial charge < -0.3 is 0 Å². The number of aliphatic imine (C=N–C) groups is 2. The zero-order chi connectivity index (χ0) is 65.7. The van der Waals surface area contributed by atoms with Crippen molar-refractivity contribution in [3.8, 4) is 0 Å². The van der Waals surface area contributed by atoms with Gasteiger partial charge in [-0.15, -0.1) is 0 Å². The molecule has 0 N–H and O–H groups in total. The third-order valence-electron chi connectivity index (χ3n) is 19.1. The normalized spacial score (nSPS) is 12.1. The van der Waals surface area contributed by atoms with Gasteiger partial charge in [0.05, 0.1) is 22.8 Å². The summed E-state index contributed by atoms with van der Waals surface area (Å²) in [4.78, 5) is 65.8. The molecule has 0 aliphatic carbocycles. The highest BCUT2D eigenvalue weighted by atomic mass is 16.1. The summed E-state index contributed by atoms with van der Waals surface area (Å²) in [5.41, 5.74) is 6.94. The number of hydrogen-bond acceptors (Lipinski definition) is 6. The van der Waals surface area contributed by atoms with E-state index in [0.29, 0.717) is 57.8 Å². The van der Waals surface area contributed by atoms with Crippen LogP contribution in [0.25, 0.3) is 0 Å². The van der Waals surface area contributed by atoms with Crippen LogP contribution in [0.15, 0.2) is 58.5 Å². The lowest BCUT2D eigenvalue weighted by Crippen LogP contribution is -2.12. The molecule has 0 fully saturated rings. The predicted octanol–water partition coefficient (Wildman–Crippen LogP) is 27.1. The fraction of sp³-hybridized carbons (Fsp3) is 0.765. The minimum absolute atomic E-state index is 0.235. The number of allylic oxidation sites excluding steroid dienone is 2. The molecule has 518 valence electrons. The third-order valence-corrected chi connectivity index (χ3v) is 19.1. The van der Waals surface area contributed by atoms with Crippen LogP contribution in [0.1, 0.15) is 417 Å². The van der Waals surface area contributed by atoms with Crippen LogP contribution in [0.5, 0.6) is 0 Å². The number of unbranched alkanes of at least 4 members (excludes halogenated alkanes) is 45. The Kier molecular flexibility index (Phi) is 55.9. The Morgan fingerprint density at radius 3 is 0.802 bits per heavy atom. The van der Waals surface area contributed by atoms with E-state index >= 15 is 0 Å². The standard InChI is InChI=1S/C85H144N2O4/c1-7-13-18-23-28-33-34-35-36-37-38-39-40-41-42-43-48-53-58-63-85(87-79-67-65-75(71-81(89)60-55-50-45-30-25-20-15-9-3)77(69-79)73-83(91)62-57-52-47-32-27-22-17-11-5)84(12-6)86-78-66-64-74(70-80(88)59-54-49-44-29-24-19-14-8-2)76(68-78)72-82(90)61-56-51-46-31-26-21-16-10-4/h58,63-69H,7-57,59-62,70-73H2,1-6H3. The van der Waals surface area contributed by atoms with Crippen LogP contribution >= 0.6 is 0 Å². The molecule has 2 rings (SSSR count). The van der Waals surface area contributed by atoms with Gasteiger partial charge in [-0.2, -0.15) is 0 Å². The maximum atomic E-state index is 13.9. The van der Waals surface area contributed by atoms with Crippen LogP contribution < -0.4 is 0 Å². The van der Waals surface area contributed by atoms with Crippen molar-refractivity contribution in [3.05, 3.63) is 70.8 Å². The van der Waals surface area contributed by atoms with E-state index < -0.39 is 0 Å². The number of benzene rings is 2. The largest absolute Gasteiger partial charge is 0.299 e. The summed E-state index contributed by atoms with van der Waals surface area (Å²) in [6, 6.07) is 12.4. The summed E-state index contributed by atoms with van der Waals surface area (Å²) in [7, 11) is 0. The van der Waals surface area contributed by atoms with Gasteiger partial charge in [0.15, 0.2) is 0 Å². The van der Waals surface area contributed by atoms with Crippen LogP contribution in [0, 0.1) is 0 Å². The Hall–Kier alpha value is -3.80. The molecule has 0 saturated carbocycles. The Bertz CT molecular complexity index is 2200. The Morgan fingerprint density at radius 1 is 0.286 bits per heavy atom. The predicted molar refractivity (Wildman–Crippen MR) is 399 cm³/mol. The number of Topliss-reactive ketones (excluding diaryl/α,β-unsaturated/α-hetero) is 4. The molecule has 0 amide bonds. The first-order chi connectivity index (χ1) is 44.7. The summed E-state index contributed by atoms with van der Waals surface area (Å²) in [5, 5.41) is 0. The van der Waals surface area contributed by atoms with Crippen molar-refractivity contribution in [2.45, 2.75) is 420 Å². The molecule has 0 aromatic heterocycles. The molecule has 2 aromatic rings. The number of nitrogens with zero attached hydrogens (tertiary/aromatic N) is 2. The summed E-state index contributed by atoms with van der Waals surface area (Å²) < 4.78 is 0. The van der Waals surface area contributed by atoms with E-state index in [1.165, 1.54) is 257 Å². The molecule has 0 bridgehead atoms. The molecular formula is C85H144N2O4. The number of carbonyl (C=O) groups excluding carboxylic acids is 4. The molecular weight excluding hydrogens is 1110 g/mol. The molecule has 0 atom stereocenters. The van der Waals surface area contributed by atoms with Crippen molar-refractivity contribution in [1.29, 1.82) is 0 Å². The van der Waals surface area contributed by atoms with Crippen molar-refractivity contribution in [2.75, 3.05) is 0 Å². The number of hydrogen-bond donors (Lipinski definition) is 0. The molecule has 0 aliphatic rings. The fourth-order valence-electron chi connectivity index (χ4n) is 13.1. The van der Waals surface area contributed by atoms with Gasteiger partial charge in [0.1, 0.15) is 23.1 Å². The SMILES string of the molecule is CCCCCCCCCCCCCCCCCCCC=CC(=Nc1ccc(CC(=O)CCCCCCCCCC)c(CC(=O)CCCCCCCCCC)c1)C(CC)=Nc1ccc(CC(=O)CCCCCCCCCC)c(CC(=O)CCCCCCCCCC)c1. The third kappa shape index (κ3) is 47.7. The van der Waals surface area contributed by atoms with E-state index in [9.17, 15) is 19.2 Å². The monoisotopic (exact) mass is 1260 g/mol. The van der Waals surface area contributed by atoms with Gasteiger partial charge in [-0.3, -0.25) is 24.2 Å². The Labute approximate surface area is 563 Å². The molecule has 91 heavy (non-hydrogen) atoms. The first kappa shape index (κ1) is 83.3. The summed E-state index contributed by atoms with van der Waals surface area (Å²) in [5.74, 6) is 0.972. The van der Waals surface area contributed by atoms with Crippen LogP contribution in [-0.4, -0.2) is 34.6 Å². The summed E-state index contributed by atoms with van der Waals surface area (Å²) in [6.07, 6.45) is 71.0. The average molecular weight is 1260 g/mol. The molecule has 0 saturated heterocycles. The topological polar surface area (TPSA) is 93.0 Å². The van der Waals surface area contributed by atoms with E-state index in [1.807, 2.05) is 12.1 Å². The van der Waals surface area contributed by atoms with Crippen LogP contribution in [0.3, 0.4) is 0 Å². The highest BCUT2D eigenvalue weighted by molar-refractivity contribution is 6.47. The zero-order valence-electron chi connectivity index (χ0n) is 60.9. The van der Waals surface area contributed by atoms with E-state index in [1.54, 1.807) is 0 Å². The second-order valence-electron chi connectivity index (χ2n) is 27.9. The number of ketones is 4. The van der Waals surface area contributed by atoms with E-state index in [0.717, 1.165) is 109 Å². The second kappa shape index (κ2) is 61.1. The molecule has 0 heterocycles. The minimum atomic E-state index is 0.235. The van der Waals surface area contributed by atoms with Crippen LogP contribution in [-0.2, 0) is 44.9 Å². The van der Waals surface area contributed by atoms with Gasteiger partial charge in [-0.05, 0) is 97.5 Å². The molecule has 0 aliphatic heterocycles. The summed E-state index contributed by atoms with van der Waals surface area (Å²) in [6.45, 7) is 13.5. The molecule has 2 aromatic carbocycles. The molecule has 0 spiro atoms. The molecule has 0 unspecified atom stereocenters. The quantitative estimate of drug-likeness (QED) is 0.0487. The van der Waals surface area contributed by atoms with Gasteiger partial charge in [0, 0.05) is 51.4 Å². The molecule has 6 nitrogen and oxygen atoms in total. The van der Waals surface area contributed by atoms with Crippen molar-refractivity contribution in [1.82, 2.24) is 0 Å². The maximum Gasteiger partial charge on any atom is 0.137 e. The first-order valence-corrected chi connectivity index (χ1v) is 39.8. The maximum absolute atomic E-state index is 13.9. The van der Waals surface area contributed by atoms with Crippen LogP contribution in [0.4, 0.5) is 11.4 Å². The van der Waals surface area contributed by atoms with E-state index in [-0.39, 0.29) is 23.1 Å². The molecule has 6 heteroatoms. The van der Waals surface area contributed by atoms with E-state index in [4.69, 9.17) is 9.98 Å². The van der Waals surface area contributed by atoms with Gasteiger partial charge >= 0.3 is 0 Å². The summed E-state index contributed by atoms with van der Waals surface area (Å²) >= 11 is 0. The second-order valence-corrected chi connectivity index (χ2v) is 27.9. The average Bonchev–Trinajstić information content (AvgIpc) is 1.55. The Balaban J connectivity index is 2.46. The number of rotatable bonds is 67. The van der Waals surface area contributed by atoms with E-state index in [2.05, 4.69) is 78.0 Å².